The lowest BCUT2D eigenvalue weighted by atomic mass is 10.0. The van der Waals surface area contributed by atoms with Gasteiger partial charge in [0.25, 0.3) is 5.56 Å². The molecule has 1 aliphatic rings. The maximum absolute atomic E-state index is 13.9. The first-order valence-corrected chi connectivity index (χ1v) is 12.3. The van der Waals surface area contributed by atoms with E-state index in [1.54, 1.807) is 18.3 Å². The summed E-state index contributed by atoms with van der Waals surface area (Å²) in [5, 5.41) is 3.37. The zero-order chi connectivity index (χ0) is 25.2. The molecular formula is C28H31FN6O. The Kier molecular flexibility index (Phi) is 6.69. The van der Waals surface area contributed by atoms with Crippen LogP contribution in [0.15, 0.2) is 71.7 Å². The van der Waals surface area contributed by atoms with E-state index >= 15 is 0 Å². The van der Waals surface area contributed by atoms with Gasteiger partial charge in [-0.05, 0) is 69.2 Å². The maximum Gasteiger partial charge on any atom is 0.275 e. The van der Waals surface area contributed by atoms with Crippen molar-refractivity contribution in [2.45, 2.75) is 31.8 Å². The minimum Gasteiger partial charge on any atom is -0.348 e. The number of nitrogens with one attached hydrogen (secondary N) is 1. The Labute approximate surface area is 210 Å². The van der Waals surface area contributed by atoms with Crippen LogP contribution in [-0.2, 0) is 7.05 Å². The quantitative estimate of drug-likeness (QED) is 0.420. The fourth-order valence-corrected chi connectivity index (χ4v) is 5.02. The van der Waals surface area contributed by atoms with Crippen molar-refractivity contribution in [1.29, 1.82) is 0 Å². The highest BCUT2D eigenvalue weighted by molar-refractivity contribution is 5.79. The van der Waals surface area contributed by atoms with Crippen LogP contribution in [0.3, 0.4) is 0 Å². The van der Waals surface area contributed by atoms with Crippen molar-refractivity contribution in [3.05, 3.63) is 88.6 Å². The van der Waals surface area contributed by atoms with Gasteiger partial charge in [0.05, 0.1) is 29.0 Å². The van der Waals surface area contributed by atoms with Gasteiger partial charge in [-0.1, -0.05) is 42.5 Å². The Morgan fingerprint density at radius 1 is 1.00 bits per heavy atom. The first-order chi connectivity index (χ1) is 17.4. The summed E-state index contributed by atoms with van der Waals surface area (Å²) < 4.78 is 17.5. The van der Waals surface area contributed by atoms with Crippen LogP contribution in [0.4, 0.5) is 10.3 Å². The van der Waals surface area contributed by atoms with E-state index in [1.165, 1.54) is 12.1 Å². The zero-order valence-electron chi connectivity index (χ0n) is 20.9. The second kappa shape index (κ2) is 10.1. The molecule has 4 aromatic rings. The maximum atomic E-state index is 13.9. The number of piperidine rings is 1. The molecule has 1 aliphatic heterocycles. The SMILES string of the molecule is C[C@H](Nc1nccc(-c2c(-c3ccc(F)cc3)c(=O)n(C3CCN(C)CC3)n2C)n1)c1ccccc1. The first-order valence-electron chi connectivity index (χ1n) is 12.3. The molecule has 1 atom stereocenters. The molecule has 2 aromatic carbocycles. The molecule has 0 spiro atoms. The van der Waals surface area contributed by atoms with Crippen LogP contribution in [0.25, 0.3) is 22.5 Å². The van der Waals surface area contributed by atoms with E-state index in [9.17, 15) is 9.18 Å². The number of rotatable bonds is 6. The highest BCUT2D eigenvalue weighted by atomic mass is 19.1. The minimum absolute atomic E-state index is 0.00525. The van der Waals surface area contributed by atoms with Crippen LogP contribution >= 0.6 is 0 Å². The third-order valence-corrected chi connectivity index (χ3v) is 7.02. The molecule has 0 radical (unpaired) electrons. The summed E-state index contributed by atoms with van der Waals surface area (Å²) in [6.07, 6.45) is 3.48. The molecule has 5 rings (SSSR count). The molecule has 8 heteroatoms. The molecule has 1 N–H and O–H groups in total. The molecule has 186 valence electrons. The Morgan fingerprint density at radius 2 is 1.69 bits per heavy atom. The molecule has 0 saturated carbocycles. The van der Waals surface area contributed by atoms with E-state index in [2.05, 4.69) is 41.3 Å². The smallest absolute Gasteiger partial charge is 0.275 e. The minimum atomic E-state index is -0.338. The highest BCUT2D eigenvalue weighted by Crippen LogP contribution is 2.32. The number of nitrogens with zero attached hydrogens (tertiary/aromatic N) is 5. The van der Waals surface area contributed by atoms with Crippen molar-refractivity contribution >= 4 is 5.95 Å². The van der Waals surface area contributed by atoms with Crippen LogP contribution in [0.2, 0.25) is 0 Å². The van der Waals surface area contributed by atoms with E-state index in [0.29, 0.717) is 28.5 Å². The number of hydrogen-bond donors (Lipinski definition) is 1. The lowest BCUT2D eigenvalue weighted by Crippen LogP contribution is -2.36. The number of benzene rings is 2. The van der Waals surface area contributed by atoms with E-state index in [1.807, 2.05) is 40.7 Å². The third-order valence-electron chi connectivity index (χ3n) is 7.02. The van der Waals surface area contributed by atoms with Crippen LogP contribution < -0.4 is 10.9 Å². The largest absolute Gasteiger partial charge is 0.348 e. The summed E-state index contributed by atoms with van der Waals surface area (Å²) in [7, 11) is 4.01. The Morgan fingerprint density at radius 3 is 2.39 bits per heavy atom. The van der Waals surface area contributed by atoms with Gasteiger partial charge in [0.2, 0.25) is 5.95 Å². The number of anilines is 1. The molecule has 36 heavy (non-hydrogen) atoms. The normalized spacial score (nSPS) is 15.7. The Bertz CT molecular complexity index is 1390. The van der Waals surface area contributed by atoms with Gasteiger partial charge in [-0.2, -0.15) is 0 Å². The van der Waals surface area contributed by atoms with Gasteiger partial charge in [0.15, 0.2) is 0 Å². The van der Waals surface area contributed by atoms with Crippen LogP contribution in [0.1, 0.15) is 37.4 Å². The van der Waals surface area contributed by atoms with Crippen molar-refractivity contribution in [3.63, 3.8) is 0 Å². The Balaban J connectivity index is 1.59. The summed E-state index contributed by atoms with van der Waals surface area (Å²) in [6, 6.07) is 18.1. The summed E-state index contributed by atoms with van der Waals surface area (Å²) in [4.78, 5) is 25.4. The summed E-state index contributed by atoms with van der Waals surface area (Å²) in [6.45, 7) is 3.92. The van der Waals surface area contributed by atoms with Gasteiger partial charge in [-0.25, -0.2) is 19.0 Å². The van der Waals surface area contributed by atoms with Crippen LogP contribution in [0, 0.1) is 5.82 Å². The molecule has 0 unspecified atom stereocenters. The second-order valence-electron chi connectivity index (χ2n) is 9.48. The van der Waals surface area contributed by atoms with Gasteiger partial charge in [0.1, 0.15) is 5.82 Å². The van der Waals surface area contributed by atoms with Crippen LogP contribution in [0.5, 0.6) is 0 Å². The standard InChI is InChI=1S/C28H31FN6O/c1-19(20-7-5-4-6-8-20)31-28-30-16-13-24(32-28)26-25(21-9-11-22(29)12-10-21)27(36)35(34(26)3)23-14-17-33(2)18-15-23/h4-13,16,19,23H,14-15,17-18H2,1-3H3,(H,30,31,32)/t19-/m0/s1. The second-order valence-corrected chi connectivity index (χ2v) is 9.48. The van der Waals surface area contributed by atoms with Gasteiger partial charge in [0, 0.05) is 13.2 Å². The molecule has 7 nitrogen and oxygen atoms in total. The summed E-state index contributed by atoms with van der Waals surface area (Å²) in [5.41, 5.74) is 3.57. The summed E-state index contributed by atoms with van der Waals surface area (Å²) in [5.74, 6) is 0.142. The zero-order valence-corrected chi connectivity index (χ0v) is 20.9. The fraction of sp³-hybridized carbons (Fsp3) is 0.321. The molecule has 3 heterocycles. The Hall–Kier alpha value is -3.78. The number of halogens is 1. The number of hydrogen-bond acceptors (Lipinski definition) is 5. The average Bonchev–Trinajstić information content (AvgIpc) is 3.15. The average molecular weight is 487 g/mol. The van der Waals surface area contributed by atoms with Crippen molar-refractivity contribution in [2.24, 2.45) is 7.05 Å². The van der Waals surface area contributed by atoms with Crippen molar-refractivity contribution in [1.82, 2.24) is 24.2 Å². The number of aromatic nitrogens is 4. The van der Waals surface area contributed by atoms with Gasteiger partial charge in [-0.15, -0.1) is 0 Å². The highest BCUT2D eigenvalue weighted by Gasteiger charge is 2.28. The van der Waals surface area contributed by atoms with E-state index < -0.39 is 0 Å². The third kappa shape index (κ3) is 4.68. The number of likely N-dealkylation sites (tertiary alicyclic amines) is 1. The van der Waals surface area contributed by atoms with E-state index in [-0.39, 0.29) is 23.5 Å². The summed E-state index contributed by atoms with van der Waals surface area (Å²) >= 11 is 0. The molecule has 0 aliphatic carbocycles. The molecule has 1 fully saturated rings. The lowest BCUT2D eigenvalue weighted by Gasteiger charge is -2.30. The van der Waals surface area contributed by atoms with Crippen molar-refractivity contribution < 1.29 is 4.39 Å². The van der Waals surface area contributed by atoms with Crippen molar-refractivity contribution in [2.75, 3.05) is 25.5 Å². The fourth-order valence-electron chi connectivity index (χ4n) is 5.02. The van der Waals surface area contributed by atoms with Gasteiger partial charge >= 0.3 is 0 Å². The van der Waals surface area contributed by atoms with Crippen molar-refractivity contribution in [3.8, 4) is 22.5 Å². The first kappa shape index (κ1) is 23.9. The van der Waals surface area contributed by atoms with Crippen LogP contribution in [-0.4, -0.2) is 44.4 Å². The lowest BCUT2D eigenvalue weighted by molar-refractivity contribution is 0.200. The monoisotopic (exact) mass is 486 g/mol. The molecule has 0 bridgehead atoms. The van der Waals surface area contributed by atoms with Gasteiger partial charge < -0.3 is 10.2 Å². The molecule has 2 aromatic heterocycles. The molecular weight excluding hydrogens is 455 g/mol. The predicted octanol–water partition coefficient (Wildman–Crippen LogP) is 4.89. The van der Waals surface area contributed by atoms with E-state index in [0.717, 1.165) is 31.5 Å². The predicted molar refractivity (Wildman–Crippen MR) is 140 cm³/mol. The molecule has 0 amide bonds. The molecule has 1 saturated heterocycles. The topological polar surface area (TPSA) is 68.0 Å². The van der Waals surface area contributed by atoms with E-state index in [4.69, 9.17) is 4.98 Å². The van der Waals surface area contributed by atoms with Gasteiger partial charge in [-0.3, -0.25) is 9.48 Å².